The quantitative estimate of drug-likeness (QED) is 0.928. The first-order valence-corrected chi connectivity index (χ1v) is 7.38. The Hall–Kier alpha value is -0.970. The lowest BCUT2D eigenvalue weighted by Gasteiger charge is -2.22. The monoisotopic (exact) mass is 316 g/mol. The summed E-state index contributed by atoms with van der Waals surface area (Å²) < 4.78 is 5.63. The Labute approximate surface area is 128 Å². The van der Waals surface area contributed by atoms with E-state index in [0.29, 0.717) is 34.8 Å². The molecule has 0 aliphatic carbocycles. The highest BCUT2D eigenvalue weighted by molar-refractivity contribution is 6.42. The molecule has 1 fully saturated rings. The topological polar surface area (TPSA) is 55.6 Å². The molecular formula is C14H18Cl2N2O2. The fourth-order valence-electron chi connectivity index (χ4n) is 2.30. The number of carbonyl (C=O) groups excluding carboxylic acids is 1. The molecular weight excluding hydrogens is 299 g/mol. The van der Waals surface area contributed by atoms with Crippen molar-refractivity contribution < 1.29 is 9.53 Å². The van der Waals surface area contributed by atoms with Gasteiger partial charge in [-0.2, -0.15) is 0 Å². The van der Waals surface area contributed by atoms with E-state index in [1.165, 1.54) is 0 Å². The fraction of sp³-hybridized carbons (Fsp3) is 0.500. The third-order valence-electron chi connectivity index (χ3n) is 3.50. The van der Waals surface area contributed by atoms with Crippen LogP contribution in [-0.2, 0) is 4.79 Å². The molecule has 4 nitrogen and oxygen atoms in total. The van der Waals surface area contributed by atoms with E-state index in [-0.39, 0.29) is 5.91 Å². The summed E-state index contributed by atoms with van der Waals surface area (Å²) in [5, 5.41) is 0.739. The number of nitrogens with two attached hydrogens (primary N) is 1. The van der Waals surface area contributed by atoms with E-state index in [4.69, 9.17) is 33.7 Å². The Morgan fingerprint density at radius 3 is 2.95 bits per heavy atom. The van der Waals surface area contributed by atoms with Crippen molar-refractivity contribution in [3.63, 3.8) is 0 Å². The van der Waals surface area contributed by atoms with Crippen molar-refractivity contribution in [2.45, 2.75) is 19.4 Å². The molecule has 1 aromatic rings. The highest BCUT2D eigenvalue weighted by atomic mass is 35.5. The van der Waals surface area contributed by atoms with Gasteiger partial charge < -0.3 is 15.4 Å². The average Bonchev–Trinajstić information content (AvgIpc) is 2.91. The van der Waals surface area contributed by atoms with Crippen LogP contribution in [0.2, 0.25) is 10.0 Å². The third-order valence-corrected chi connectivity index (χ3v) is 4.30. The van der Waals surface area contributed by atoms with Crippen LogP contribution in [0.1, 0.15) is 13.3 Å². The summed E-state index contributed by atoms with van der Waals surface area (Å²) in [6.07, 6.45) is 0.356. The Kier molecular flexibility index (Phi) is 5.13. The SMILES string of the molecule is C[C@@H](Oc1cccc(Cl)c1Cl)C(=O)N1CC[C@H](CN)C1. The zero-order valence-electron chi connectivity index (χ0n) is 11.3. The number of likely N-dealkylation sites (tertiary alicyclic amines) is 1. The standard InChI is InChI=1S/C14H18Cl2N2O2/c1-9(14(19)18-6-5-10(7-17)8-18)20-12-4-2-3-11(15)13(12)16/h2-4,9-10H,5-8,17H2,1H3/t9-,10-/m1/s1. The van der Waals surface area contributed by atoms with Crippen molar-refractivity contribution in [3.05, 3.63) is 28.2 Å². The van der Waals surface area contributed by atoms with E-state index in [0.717, 1.165) is 13.0 Å². The molecule has 6 heteroatoms. The third kappa shape index (κ3) is 3.37. The maximum absolute atomic E-state index is 12.3. The van der Waals surface area contributed by atoms with Crippen LogP contribution in [0.4, 0.5) is 0 Å². The minimum absolute atomic E-state index is 0.0445. The Balaban J connectivity index is 1.99. The van der Waals surface area contributed by atoms with Crippen molar-refractivity contribution in [1.29, 1.82) is 0 Å². The number of hydrogen-bond acceptors (Lipinski definition) is 3. The second-order valence-corrected chi connectivity index (χ2v) is 5.77. The summed E-state index contributed by atoms with van der Waals surface area (Å²) in [7, 11) is 0. The fourth-order valence-corrected chi connectivity index (χ4v) is 2.63. The van der Waals surface area contributed by atoms with Crippen molar-refractivity contribution in [2.75, 3.05) is 19.6 Å². The van der Waals surface area contributed by atoms with Gasteiger partial charge in [-0.3, -0.25) is 4.79 Å². The zero-order valence-corrected chi connectivity index (χ0v) is 12.8. The Morgan fingerprint density at radius 2 is 2.30 bits per heavy atom. The number of benzene rings is 1. The number of halogens is 2. The van der Waals surface area contributed by atoms with Gasteiger partial charge in [0, 0.05) is 13.1 Å². The molecule has 0 saturated carbocycles. The zero-order chi connectivity index (χ0) is 14.7. The minimum atomic E-state index is -0.595. The van der Waals surface area contributed by atoms with Crippen LogP contribution in [0.15, 0.2) is 18.2 Å². The first kappa shape index (κ1) is 15.4. The number of rotatable bonds is 4. The maximum atomic E-state index is 12.3. The Morgan fingerprint density at radius 1 is 1.55 bits per heavy atom. The number of amides is 1. The van der Waals surface area contributed by atoms with Crippen LogP contribution in [-0.4, -0.2) is 36.5 Å². The summed E-state index contributed by atoms with van der Waals surface area (Å²) in [6.45, 7) is 3.76. The molecule has 20 heavy (non-hydrogen) atoms. The molecule has 0 spiro atoms. The molecule has 0 radical (unpaired) electrons. The van der Waals surface area contributed by atoms with Crippen molar-refractivity contribution in [2.24, 2.45) is 11.7 Å². The minimum Gasteiger partial charge on any atom is -0.479 e. The lowest BCUT2D eigenvalue weighted by molar-refractivity contribution is -0.136. The highest BCUT2D eigenvalue weighted by Gasteiger charge is 2.29. The molecule has 0 aromatic heterocycles. The Bertz CT molecular complexity index is 496. The molecule has 1 aliphatic heterocycles. The molecule has 0 bridgehead atoms. The second kappa shape index (κ2) is 6.66. The van der Waals surface area contributed by atoms with E-state index in [9.17, 15) is 4.79 Å². The van der Waals surface area contributed by atoms with Crippen molar-refractivity contribution in [3.8, 4) is 5.75 Å². The van der Waals surface area contributed by atoms with E-state index in [2.05, 4.69) is 0 Å². The molecule has 1 heterocycles. The molecule has 0 unspecified atom stereocenters. The van der Waals surface area contributed by atoms with Gasteiger partial charge in [-0.1, -0.05) is 29.3 Å². The molecule has 2 atom stereocenters. The van der Waals surface area contributed by atoms with E-state index < -0.39 is 6.10 Å². The number of nitrogens with zero attached hydrogens (tertiary/aromatic N) is 1. The van der Waals surface area contributed by atoms with Crippen LogP contribution >= 0.6 is 23.2 Å². The average molecular weight is 317 g/mol. The van der Waals surface area contributed by atoms with Gasteiger partial charge in [-0.15, -0.1) is 0 Å². The van der Waals surface area contributed by atoms with Crippen LogP contribution < -0.4 is 10.5 Å². The summed E-state index contributed by atoms with van der Waals surface area (Å²) >= 11 is 12.0. The lowest BCUT2D eigenvalue weighted by Crippen LogP contribution is -2.39. The number of hydrogen-bond donors (Lipinski definition) is 1. The van der Waals surface area contributed by atoms with Crippen molar-refractivity contribution >= 4 is 29.1 Å². The van der Waals surface area contributed by atoms with Gasteiger partial charge in [-0.25, -0.2) is 0 Å². The predicted octanol–water partition coefficient (Wildman–Crippen LogP) is 2.57. The predicted molar refractivity (Wildman–Crippen MR) is 80.3 cm³/mol. The molecule has 110 valence electrons. The van der Waals surface area contributed by atoms with Crippen LogP contribution in [0.25, 0.3) is 0 Å². The van der Waals surface area contributed by atoms with Crippen molar-refractivity contribution in [1.82, 2.24) is 4.90 Å². The summed E-state index contributed by atoms with van der Waals surface area (Å²) in [5.74, 6) is 0.771. The number of ether oxygens (including phenoxy) is 1. The first-order chi connectivity index (χ1) is 9.52. The molecule has 1 amide bonds. The largest absolute Gasteiger partial charge is 0.479 e. The molecule has 1 aliphatic rings. The smallest absolute Gasteiger partial charge is 0.263 e. The van der Waals surface area contributed by atoms with Gasteiger partial charge in [0.2, 0.25) is 0 Å². The van der Waals surface area contributed by atoms with Gasteiger partial charge in [-0.05, 0) is 37.9 Å². The summed E-state index contributed by atoms with van der Waals surface area (Å²) in [6, 6.07) is 5.11. The van der Waals surface area contributed by atoms with Gasteiger partial charge >= 0.3 is 0 Å². The van der Waals surface area contributed by atoms with Gasteiger partial charge in [0.15, 0.2) is 6.10 Å². The lowest BCUT2D eigenvalue weighted by atomic mass is 10.1. The number of carbonyl (C=O) groups is 1. The summed E-state index contributed by atoms with van der Waals surface area (Å²) in [4.78, 5) is 14.1. The molecule has 2 rings (SSSR count). The molecule has 1 saturated heterocycles. The van der Waals surface area contributed by atoms with Gasteiger partial charge in [0.25, 0.3) is 5.91 Å². The molecule has 2 N–H and O–H groups in total. The van der Waals surface area contributed by atoms with Crippen LogP contribution in [0.5, 0.6) is 5.75 Å². The second-order valence-electron chi connectivity index (χ2n) is 4.99. The summed E-state index contributed by atoms with van der Waals surface area (Å²) in [5.41, 5.74) is 5.63. The van der Waals surface area contributed by atoms with Gasteiger partial charge in [0.05, 0.1) is 5.02 Å². The van der Waals surface area contributed by atoms with Crippen LogP contribution in [0, 0.1) is 5.92 Å². The van der Waals surface area contributed by atoms with Crippen LogP contribution in [0.3, 0.4) is 0 Å². The molecule has 1 aromatic carbocycles. The normalized spacial score (nSPS) is 20.0. The van der Waals surface area contributed by atoms with Gasteiger partial charge in [0.1, 0.15) is 10.8 Å². The van der Waals surface area contributed by atoms with E-state index >= 15 is 0 Å². The highest BCUT2D eigenvalue weighted by Crippen LogP contribution is 2.32. The first-order valence-electron chi connectivity index (χ1n) is 6.62. The van der Waals surface area contributed by atoms with E-state index in [1.54, 1.807) is 30.0 Å². The maximum Gasteiger partial charge on any atom is 0.263 e. The van der Waals surface area contributed by atoms with E-state index in [1.807, 2.05) is 0 Å².